The minimum Gasteiger partial charge on any atom is -0.508 e. The monoisotopic (exact) mass is 224 g/mol. The van der Waals surface area contributed by atoms with Crippen LogP contribution in [0, 0.1) is 0 Å². The molecule has 3 N–H and O–H groups in total. The first-order valence-electron chi connectivity index (χ1n) is 5.81. The van der Waals surface area contributed by atoms with Crippen LogP contribution in [0.4, 0.5) is 0 Å². The normalized spacial score (nSPS) is 12.6. The number of benzene rings is 1. The fourth-order valence-corrected chi connectivity index (χ4v) is 1.78. The lowest BCUT2D eigenvalue weighted by atomic mass is 10.0. The lowest BCUT2D eigenvalue weighted by Gasteiger charge is -2.10. The largest absolute Gasteiger partial charge is 0.508 e. The van der Waals surface area contributed by atoms with Gasteiger partial charge in [-0.25, -0.2) is 0 Å². The summed E-state index contributed by atoms with van der Waals surface area (Å²) in [6.45, 7) is 2.12. The summed E-state index contributed by atoms with van der Waals surface area (Å²) in [6.07, 6.45) is 4.13. The molecule has 0 aliphatic heterocycles. The number of aromatic hydroxyl groups is 2. The molecule has 1 aromatic carbocycles. The maximum Gasteiger partial charge on any atom is 0.119 e. The molecule has 1 aromatic rings. The number of aliphatic hydroxyl groups is 1. The van der Waals surface area contributed by atoms with E-state index in [4.69, 9.17) is 0 Å². The fraction of sp³-hybridized carbons (Fsp3) is 0.538. The Bertz CT molecular complexity index is 303. The molecular weight excluding hydrogens is 204 g/mol. The second-order valence-corrected chi connectivity index (χ2v) is 4.21. The van der Waals surface area contributed by atoms with Crippen molar-refractivity contribution < 1.29 is 15.3 Å². The summed E-state index contributed by atoms with van der Waals surface area (Å²) in [6, 6.07) is 4.43. The molecule has 3 heteroatoms. The summed E-state index contributed by atoms with van der Waals surface area (Å²) in [5.41, 5.74) is 0.765. The fourth-order valence-electron chi connectivity index (χ4n) is 1.78. The summed E-state index contributed by atoms with van der Waals surface area (Å²) in [7, 11) is 0. The van der Waals surface area contributed by atoms with Gasteiger partial charge in [-0.05, 0) is 30.5 Å². The molecule has 0 saturated carbocycles. The van der Waals surface area contributed by atoms with Gasteiger partial charge in [0.15, 0.2) is 0 Å². The summed E-state index contributed by atoms with van der Waals surface area (Å²) in [5.74, 6) is 0.0755. The van der Waals surface area contributed by atoms with E-state index in [-0.39, 0.29) is 11.5 Å². The molecular formula is C13H20O3. The van der Waals surface area contributed by atoms with E-state index in [2.05, 4.69) is 6.92 Å². The predicted octanol–water partition coefficient (Wildman–Crippen LogP) is 2.58. The van der Waals surface area contributed by atoms with E-state index in [1.807, 2.05) is 0 Å². The van der Waals surface area contributed by atoms with Crippen molar-refractivity contribution in [1.82, 2.24) is 0 Å². The van der Waals surface area contributed by atoms with Crippen LogP contribution in [-0.2, 0) is 6.42 Å². The Morgan fingerprint density at radius 2 is 1.69 bits per heavy atom. The zero-order chi connectivity index (χ0) is 12.0. The minimum atomic E-state index is -0.396. The molecule has 90 valence electrons. The van der Waals surface area contributed by atoms with E-state index in [1.165, 1.54) is 6.07 Å². The van der Waals surface area contributed by atoms with E-state index >= 15 is 0 Å². The average Bonchev–Trinajstić information content (AvgIpc) is 2.16. The van der Waals surface area contributed by atoms with Crippen molar-refractivity contribution in [3.05, 3.63) is 23.8 Å². The molecule has 0 spiro atoms. The molecule has 0 aromatic heterocycles. The Kier molecular flexibility index (Phi) is 5.12. The summed E-state index contributed by atoms with van der Waals surface area (Å²) in [5, 5.41) is 28.3. The number of hydrogen-bond donors (Lipinski definition) is 3. The van der Waals surface area contributed by atoms with Crippen molar-refractivity contribution >= 4 is 0 Å². The Morgan fingerprint density at radius 3 is 2.25 bits per heavy atom. The highest BCUT2D eigenvalue weighted by molar-refractivity contribution is 5.36. The number of rotatable bonds is 6. The third kappa shape index (κ3) is 4.53. The van der Waals surface area contributed by atoms with Crippen molar-refractivity contribution in [3.63, 3.8) is 0 Å². The van der Waals surface area contributed by atoms with Gasteiger partial charge >= 0.3 is 0 Å². The van der Waals surface area contributed by atoms with Crippen LogP contribution in [0.5, 0.6) is 11.5 Å². The van der Waals surface area contributed by atoms with Gasteiger partial charge in [0, 0.05) is 6.07 Å². The summed E-state index contributed by atoms with van der Waals surface area (Å²) in [4.78, 5) is 0. The lowest BCUT2D eigenvalue weighted by Crippen LogP contribution is -2.10. The van der Waals surface area contributed by atoms with Crippen LogP contribution < -0.4 is 0 Å². The maximum absolute atomic E-state index is 9.75. The van der Waals surface area contributed by atoms with Crippen LogP contribution in [0.15, 0.2) is 18.2 Å². The van der Waals surface area contributed by atoms with Crippen LogP contribution in [-0.4, -0.2) is 21.4 Å². The van der Waals surface area contributed by atoms with Crippen LogP contribution in [0.3, 0.4) is 0 Å². The highest BCUT2D eigenvalue weighted by Gasteiger charge is 2.07. The van der Waals surface area contributed by atoms with Gasteiger partial charge in [0.25, 0.3) is 0 Å². The van der Waals surface area contributed by atoms with Gasteiger partial charge in [-0.2, -0.15) is 0 Å². The van der Waals surface area contributed by atoms with Gasteiger partial charge in [-0.3, -0.25) is 0 Å². The molecule has 1 atom stereocenters. The zero-order valence-corrected chi connectivity index (χ0v) is 9.69. The van der Waals surface area contributed by atoms with Crippen LogP contribution in [0.1, 0.15) is 38.2 Å². The number of unbranched alkanes of at least 4 members (excludes halogenated alkanes) is 2. The Hall–Kier alpha value is -1.22. The van der Waals surface area contributed by atoms with Crippen LogP contribution >= 0.6 is 0 Å². The van der Waals surface area contributed by atoms with E-state index in [0.717, 1.165) is 31.2 Å². The third-order valence-corrected chi connectivity index (χ3v) is 2.57. The molecule has 0 fully saturated rings. The van der Waals surface area contributed by atoms with Crippen LogP contribution in [0.2, 0.25) is 0 Å². The SMILES string of the molecule is CCCCC[C@@H](O)Cc1cc(O)cc(O)c1. The molecule has 3 nitrogen and oxygen atoms in total. The number of phenolic OH excluding ortho intramolecular Hbond substituents is 2. The Balaban J connectivity index is 2.45. The minimum absolute atomic E-state index is 0.0377. The Morgan fingerprint density at radius 1 is 1.06 bits per heavy atom. The molecule has 0 heterocycles. The van der Waals surface area contributed by atoms with Gasteiger partial charge in [0.2, 0.25) is 0 Å². The second-order valence-electron chi connectivity index (χ2n) is 4.21. The second kappa shape index (κ2) is 6.38. The van der Waals surface area contributed by atoms with E-state index in [9.17, 15) is 15.3 Å². The van der Waals surface area contributed by atoms with Gasteiger partial charge in [-0.15, -0.1) is 0 Å². The van der Waals surface area contributed by atoms with Crippen molar-refractivity contribution in [2.75, 3.05) is 0 Å². The van der Waals surface area contributed by atoms with Crippen molar-refractivity contribution in [2.24, 2.45) is 0 Å². The van der Waals surface area contributed by atoms with Crippen molar-refractivity contribution in [1.29, 1.82) is 0 Å². The van der Waals surface area contributed by atoms with E-state index < -0.39 is 6.10 Å². The standard InChI is InChI=1S/C13H20O3/c1-2-3-4-5-11(14)6-10-7-12(15)9-13(16)8-10/h7-9,11,14-16H,2-6H2,1H3/t11-/m1/s1. The number of hydrogen-bond acceptors (Lipinski definition) is 3. The lowest BCUT2D eigenvalue weighted by molar-refractivity contribution is 0.161. The summed E-state index contributed by atoms with van der Waals surface area (Å²) < 4.78 is 0. The highest BCUT2D eigenvalue weighted by atomic mass is 16.3. The predicted molar refractivity (Wildman–Crippen MR) is 63.6 cm³/mol. The molecule has 1 rings (SSSR count). The summed E-state index contributed by atoms with van der Waals surface area (Å²) >= 11 is 0. The molecule has 0 bridgehead atoms. The highest BCUT2D eigenvalue weighted by Crippen LogP contribution is 2.22. The quantitative estimate of drug-likeness (QED) is 0.651. The first kappa shape index (κ1) is 12.8. The van der Waals surface area contributed by atoms with Crippen molar-refractivity contribution in [2.45, 2.75) is 45.1 Å². The molecule has 0 saturated heterocycles. The number of aliphatic hydroxyl groups excluding tert-OH is 1. The molecule has 0 aliphatic carbocycles. The van der Waals surface area contributed by atoms with Gasteiger partial charge in [0.1, 0.15) is 11.5 Å². The van der Waals surface area contributed by atoms with Gasteiger partial charge in [0.05, 0.1) is 6.10 Å². The topological polar surface area (TPSA) is 60.7 Å². The third-order valence-electron chi connectivity index (χ3n) is 2.57. The molecule has 0 radical (unpaired) electrons. The first-order valence-corrected chi connectivity index (χ1v) is 5.81. The van der Waals surface area contributed by atoms with E-state index in [0.29, 0.717) is 6.42 Å². The van der Waals surface area contributed by atoms with E-state index in [1.54, 1.807) is 12.1 Å². The smallest absolute Gasteiger partial charge is 0.119 e. The van der Waals surface area contributed by atoms with Crippen molar-refractivity contribution in [3.8, 4) is 11.5 Å². The molecule has 0 aliphatic rings. The van der Waals surface area contributed by atoms with Crippen LogP contribution in [0.25, 0.3) is 0 Å². The first-order chi connectivity index (χ1) is 7.61. The van der Waals surface area contributed by atoms with Gasteiger partial charge < -0.3 is 15.3 Å². The molecule has 0 amide bonds. The van der Waals surface area contributed by atoms with Gasteiger partial charge in [-0.1, -0.05) is 26.2 Å². The Labute approximate surface area is 96.4 Å². The average molecular weight is 224 g/mol. The molecule has 16 heavy (non-hydrogen) atoms. The zero-order valence-electron chi connectivity index (χ0n) is 9.69. The maximum atomic E-state index is 9.75. The molecule has 0 unspecified atom stereocenters. The number of phenols is 2.